The van der Waals surface area contributed by atoms with Gasteiger partial charge in [0.1, 0.15) is 6.54 Å². The Balaban J connectivity index is 1.68. The van der Waals surface area contributed by atoms with Gasteiger partial charge in [-0.05, 0) is 61.4 Å². The molecule has 1 atom stereocenters. The number of nitrogens with one attached hydrogen (secondary N) is 1. The molecule has 32 heavy (non-hydrogen) atoms. The van der Waals surface area contributed by atoms with Gasteiger partial charge >= 0.3 is 0 Å². The standard InChI is InChI=1S/C26H26N2O4/c1-16-13-23(31-3)24(32-4)14-20(16)17(2)27-25(29)15-28-21-11-7-5-9-18(21)26(30)19-10-6-8-12-22(19)28/h5-14,17H,15H2,1-4H3,(H,27,29). The lowest BCUT2D eigenvalue weighted by Crippen LogP contribution is -2.31. The summed E-state index contributed by atoms with van der Waals surface area (Å²) in [6.07, 6.45) is 0. The third kappa shape index (κ3) is 3.80. The fraction of sp³-hybridized carbons (Fsp3) is 0.231. The van der Waals surface area contributed by atoms with Gasteiger partial charge in [-0.3, -0.25) is 9.59 Å². The van der Waals surface area contributed by atoms with Crippen LogP contribution in [0.4, 0.5) is 0 Å². The molecule has 0 saturated carbocycles. The molecule has 6 heteroatoms. The predicted octanol–water partition coefficient (Wildman–Crippen LogP) is 4.36. The van der Waals surface area contributed by atoms with E-state index in [1.807, 2.05) is 66.9 Å². The van der Waals surface area contributed by atoms with E-state index in [9.17, 15) is 9.59 Å². The number of amides is 1. The highest BCUT2D eigenvalue weighted by atomic mass is 16.5. The minimum Gasteiger partial charge on any atom is -0.493 e. The van der Waals surface area contributed by atoms with Crippen LogP contribution in [-0.2, 0) is 11.3 Å². The van der Waals surface area contributed by atoms with Crippen LogP contribution in [0.2, 0.25) is 0 Å². The second-order valence-corrected chi connectivity index (χ2v) is 7.80. The molecule has 0 aliphatic heterocycles. The molecule has 1 heterocycles. The van der Waals surface area contributed by atoms with Gasteiger partial charge in [0.25, 0.3) is 0 Å². The molecule has 0 fully saturated rings. The fourth-order valence-electron chi connectivity index (χ4n) is 4.22. The van der Waals surface area contributed by atoms with Crippen LogP contribution in [0.3, 0.4) is 0 Å². The first-order valence-corrected chi connectivity index (χ1v) is 10.5. The van der Waals surface area contributed by atoms with Crippen molar-refractivity contribution in [2.24, 2.45) is 0 Å². The van der Waals surface area contributed by atoms with Crippen molar-refractivity contribution in [1.29, 1.82) is 0 Å². The van der Waals surface area contributed by atoms with Crippen LogP contribution < -0.4 is 20.2 Å². The summed E-state index contributed by atoms with van der Waals surface area (Å²) in [4.78, 5) is 26.0. The highest BCUT2D eigenvalue weighted by molar-refractivity contribution is 5.94. The van der Waals surface area contributed by atoms with E-state index in [1.165, 1.54) is 0 Å². The number of carbonyl (C=O) groups excluding carboxylic acids is 1. The second-order valence-electron chi connectivity index (χ2n) is 7.80. The smallest absolute Gasteiger partial charge is 0.240 e. The molecule has 0 bridgehead atoms. The highest BCUT2D eigenvalue weighted by Gasteiger charge is 2.18. The molecule has 1 amide bonds. The molecule has 1 N–H and O–H groups in total. The van der Waals surface area contributed by atoms with E-state index in [-0.39, 0.29) is 23.9 Å². The first kappa shape index (κ1) is 21.4. The third-order valence-corrected chi connectivity index (χ3v) is 5.80. The number of para-hydroxylation sites is 2. The maximum absolute atomic E-state index is 13.1. The predicted molar refractivity (Wildman–Crippen MR) is 127 cm³/mol. The normalized spacial score (nSPS) is 12.0. The lowest BCUT2D eigenvalue weighted by molar-refractivity contribution is -0.122. The van der Waals surface area contributed by atoms with Crippen LogP contribution in [-0.4, -0.2) is 24.7 Å². The number of benzene rings is 3. The molecule has 0 radical (unpaired) electrons. The van der Waals surface area contributed by atoms with E-state index in [4.69, 9.17) is 9.47 Å². The molecule has 4 aromatic rings. The maximum Gasteiger partial charge on any atom is 0.240 e. The van der Waals surface area contributed by atoms with Crippen molar-refractivity contribution in [2.75, 3.05) is 14.2 Å². The number of fused-ring (bicyclic) bond motifs is 2. The largest absolute Gasteiger partial charge is 0.493 e. The molecular formula is C26H26N2O4. The van der Waals surface area contributed by atoms with Gasteiger partial charge in [-0.15, -0.1) is 0 Å². The summed E-state index contributed by atoms with van der Waals surface area (Å²) < 4.78 is 12.7. The molecule has 0 spiro atoms. The number of aryl methyl sites for hydroxylation is 1. The van der Waals surface area contributed by atoms with Crippen molar-refractivity contribution in [3.63, 3.8) is 0 Å². The number of aromatic nitrogens is 1. The second kappa shape index (κ2) is 8.75. The number of hydrogen-bond acceptors (Lipinski definition) is 4. The zero-order chi connectivity index (χ0) is 22.8. The van der Waals surface area contributed by atoms with Gasteiger partial charge in [0.2, 0.25) is 5.91 Å². The van der Waals surface area contributed by atoms with Gasteiger partial charge in [0.05, 0.1) is 31.3 Å². The molecule has 6 nitrogen and oxygen atoms in total. The molecule has 3 aromatic carbocycles. The summed E-state index contributed by atoms with van der Waals surface area (Å²) in [5, 5.41) is 4.28. The molecule has 164 valence electrons. The Kier molecular flexibility index (Phi) is 5.86. The number of pyridine rings is 1. The molecule has 0 aliphatic rings. The quantitative estimate of drug-likeness (QED) is 0.462. The van der Waals surface area contributed by atoms with Crippen LogP contribution in [0.1, 0.15) is 24.1 Å². The number of carbonyl (C=O) groups is 1. The van der Waals surface area contributed by atoms with Gasteiger partial charge in [-0.2, -0.15) is 0 Å². The number of nitrogens with zero attached hydrogens (tertiary/aromatic N) is 1. The topological polar surface area (TPSA) is 69.6 Å². The van der Waals surface area contributed by atoms with E-state index < -0.39 is 0 Å². The van der Waals surface area contributed by atoms with Gasteiger partial charge in [0.15, 0.2) is 16.9 Å². The molecular weight excluding hydrogens is 404 g/mol. The van der Waals surface area contributed by atoms with Crippen LogP contribution in [0.25, 0.3) is 21.8 Å². The number of ether oxygens (including phenoxy) is 2. The molecule has 0 aliphatic carbocycles. The number of methoxy groups -OCH3 is 2. The lowest BCUT2D eigenvalue weighted by Gasteiger charge is -2.20. The minimum absolute atomic E-state index is 0.0258. The Bertz CT molecular complexity index is 1310. The van der Waals surface area contributed by atoms with Gasteiger partial charge < -0.3 is 19.4 Å². The van der Waals surface area contributed by atoms with Crippen molar-refractivity contribution >= 4 is 27.7 Å². The van der Waals surface area contributed by atoms with Crippen LogP contribution in [0, 0.1) is 6.92 Å². The van der Waals surface area contributed by atoms with E-state index in [0.29, 0.717) is 22.3 Å². The van der Waals surface area contributed by atoms with E-state index in [2.05, 4.69) is 5.32 Å². The fourth-order valence-corrected chi connectivity index (χ4v) is 4.22. The lowest BCUT2D eigenvalue weighted by atomic mass is 10.0. The summed E-state index contributed by atoms with van der Waals surface area (Å²) in [5.74, 6) is 1.12. The molecule has 1 unspecified atom stereocenters. The third-order valence-electron chi connectivity index (χ3n) is 5.80. The van der Waals surface area contributed by atoms with Crippen molar-refractivity contribution in [2.45, 2.75) is 26.4 Å². The van der Waals surface area contributed by atoms with Crippen LogP contribution >= 0.6 is 0 Å². The highest BCUT2D eigenvalue weighted by Crippen LogP contribution is 2.33. The first-order chi connectivity index (χ1) is 15.4. The number of rotatable bonds is 6. The van der Waals surface area contributed by atoms with E-state index >= 15 is 0 Å². The Morgan fingerprint density at radius 2 is 1.47 bits per heavy atom. The summed E-state index contributed by atoms with van der Waals surface area (Å²) in [5.41, 5.74) is 3.39. The minimum atomic E-state index is -0.237. The van der Waals surface area contributed by atoms with Crippen molar-refractivity contribution < 1.29 is 14.3 Å². The van der Waals surface area contributed by atoms with E-state index in [0.717, 1.165) is 22.2 Å². The van der Waals surface area contributed by atoms with Gasteiger partial charge in [0, 0.05) is 10.8 Å². The van der Waals surface area contributed by atoms with E-state index in [1.54, 1.807) is 26.4 Å². The summed E-state index contributed by atoms with van der Waals surface area (Å²) in [6, 6.07) is 18.3. The van der Waals surface area contributed by atoms with Crippen LogP contribution in [0.5, 0.6) is 11.5 Å². The summed E-state index contributed by atoms with van der Waals surface area (Å²) in [6.45, 7) is 4.01. The van der Waals surface area contributed by atoms with Gasteiger partial charge in [-0.25, -0.2) is 0 Å². The SMILES string of the molecule is COc1cc(C)c(C(C)NC(=O)Cn2c3ccccc3c(=O)c3ccccc32)cc1OC. The average Bonchev–Trinajstić information content (AvgIpc) is 2.81. The Morgan fingerprint density at radius 1 is 0.938 bits per heavy atom. The monoisotopic (exact) mass is 430 g/mol. The summed E-state index contributed by atoms with van der Waals surface area (Å²) in [7, 11) is 3.19. The zero-order valence-corrected chi connectivity index (χ0v) is 18.6. The maximum atomic E-state index is 13.1. The Morgan fingerprint density at radius 3 is 2.03 bits per heavy atom. The van der Waals surface area contributed by atoms with Crippen molar-refractivity contribution in [3.05, 3.63) is 82.0 Å². The Labute approximate surface area is 186 Å². The van der Waals surface area contributed by atoms with Crippen LogP contribution in [0.15, 0.2) is 65.5 Å². The zero-order valence-electron chi connectivity index (χ0n) is 18.6. The average molecular weight is 431 g/mol. The van der Waals surface area contributed by atoms with Gasteiger partial charge in [-0.1, -0.05) is 24.3 Å². The molecule has 0 saturated heterocycles. The molecule has 4 rings (SSSR count). The summed E-state index contributed by atoms with van der Waals surface area (Å²) >= 11 is 0. The van der Waals surface area contributed by atoms with Crippen molar-refractivity contribution in [3.8, 4) is 11.5 Å². The Hall–Kier alpha value is -3.80. The van der Waals surface area contributed by atoms with Crippen molar-refractivity contribution in [1.82, 2.24) is 9.88 Å². The first-order valence-electron chi connectivity index (χ1n) is 10.5. The number of hydrogen-bond donors (Lipinski definition) is 1. The molecule has 1 aromatic heterocycles.